The van der Waals surface area contributed by atoms with E-state index in [0.29, 0.717) is 12.8 Å². The Kier molecular flexibility index (Phi) is 34.8. The van der Waals surface area contributed by atoms with Crippen LogP contribution in [0.4, 0.5) is 0 Å². The highest BCUT2D eigenvalue weighted by atomic mass is 31.2. The highest BCUT2D eigenvalue weighted by Gasteiger charge is 2.25. The molecule has 286 valence electrons. The first-order valence-electron chi connectivity index (χ1n) is 19.8. The Morgan fingerprint density at radius 1 is 0.571 bits per heavy atom. The second-order valence-corrected chi connectivity index (χ2v) is 14.4. The lowest BCUT2D eigenvalue weighted by Crippen LogP contribution is -2.29. The van der Waals surface area contributed by atoms with Crippen LogP contribution in [0.3, 0.4) is 0 Å². The van der Waals surface area contributed by atoms with E-state index >= 15 is 0 Å². The van der Waals surface area contributed by atoms with Crippen molar-refractivity contribution in [2.24, 2.45) is 0 Å². The molecule has 1 N–H and O–H groups in total. The minimum absolute atomic E-state index is 0.00123. The summed E-state index contributed by atoms with van der Waals surface area (Å²) in [4.78, 5) is 34.6. The second-order valence-electron chi connectivity index (χ2n) is 12.9. The number of ether oxygens (including phenoxy) is 2. The summed E-state index contributed by atoms with van der Waals surface area (Å²) in [5.41, 5.74) is 0. The van der Waals surface area contributed by atoms with Crippen molar-refractivity contribution in [2.75, 3.05) is 19.8 Å². The van der Waals surface area contributed by atoms with Gasteiger partial charge in [-0.1, -0.05) is 153 Å². The second kappa shape index (κ2) is 36.1. The smallest absolute Gasteiger partial charge is 0.462 e. The van der Waals surface area contributed by atoms with Crippen molar-refractivity contribution in [3.8, 4) is 0 Å². The van der Waals surface area contributed by atoms with Gasteiger partial charge in [0, 0.05) is 12.8 Å². The van der Waals surface area contributed by atoms with Crippen molar-refractivity contribution in [1.82, 2.24) is 0 Å². The molecule has 0 amide bonds. The Morgan fingerprint density at radius 3 is 1.57 bits per heavy atom. The van der Waals surface area contributed by atoms with Crippen LogP contribution in [0.15, 0.2) is 36.5 Å². The van der Waals surface area contributed by atoms with Crippen molar-refractivity contribution in [3.05, 3.63) is 36.5 Å². The molecule has 0 aliphatic rings. The molecule has 0 aromatic rings. The Labute approximate surface area is 300 Å². The molecule has 0 bridgehead atoms. The van der Waals surface area contributed by atoms with Gasteiger partial charge in [0.2, 0.25) is 0 Å². The van der Waals surface area contributed by atoms with Crippen LogP contribution in [0.5, 0.6) is 0 Å². The highest BCUT2D eigenvalue weighted by molar-refractivity contribution is 7.47. The zero-order chi connectivity index (χ0) is 36.1. The molecular formula is C40H73O8P. The zero-order valence-corrected chi connectivity index (χ0v) is 32.5. The number of allylic oxidation sites excluding steroid dienone is 6. The monoisotopic (exact) mass is 713 g/mol. The summed E-state index contributed by atoms with van der Waals surface area (Å²) in [6.07, 6.45) is 39.1. The molecule has 2 unspecified atom stereocenters. The standard InChI is InChI=1S/C40H73O8P/c1-4-7-9-11-13-15-17-19-20-21-22-23-25-27-29-31-33-35-40(42)48-38(37-47-49(43,44)46-6-3)36-45-39(41)34-32-30-28-26-24-18-16-14-12-10-8-5-2/h7,9,13,15,19-20,38H,4-6,8,10-12,14,16-18,21-37H2,1-3H3,(H,43,44)/b9-7-,15-13-,20-19-. The van der Waals surface area contributed by atoms with E-state index in [1.54, 1.807) is 6.92 Å². The quantitative estimate of drug-likeness (QED) is 0.0296. The minimum atomic E-state index is -4.28. The fourth-order valence-electron chi connectivity index (χ4n) is 5.35. The fourth-order valence-corrected chi connectivity index (χ4v) is 6.10. The maximum atomic E-state index is 12.5. The van der Waals surface area contributed by atoms with E-state index in [1.165, 1.54) is 77.0 Å². The van der Waals surface area contributed by atoms with Gasteiger partial charge in [0.05, 0.1) is 13.2 Å². The summed E-state index contributed by atoms with van der Waals surface area (Å²) in [7, 11) is -4.28. The Morgan fingerprint density at radius 2 is 1.04 bits per heavy atom. The number of hydrogen-bond donors (Lipinski definition) is 1. The number of phosphoric acid groups is 1. The van der Waals surface area contributed by atoms with Crippen LogP contribution in [0.25, 0.3) is 0 Å². The topological polar surface area (TPSA) is 108 Å². The zero-order valence-electron chi connectivity index (χ0n) is 31.6. The fraction of sp³-hybridized carbons (Fsp3) is 0.800. The number of carbonyl (C=O) groups excluding carboxylic acids is 2. The third kappa shape index (κ3) is 35.9. The van der Waals surface area contributed by atoms with Crippen LogP contribution >= 0.6 is 7.82 Å². The number of esters is 2. The normalized spacial score (nSPS) is 13.8. The van der Waals surface area contributed by atoms with Gasteiger partial charge in [-0.3, -0.25) is 18.6 Å². The van der Waals surface area contributed by atoms with Crippen molar-refractivity contribution in [1.29, 1.82) is 0 Å². The van der Waals surface area contributed by atoms with Gasteiger partial charge >= 0.3 is 19.8 Å². The first kappa shape index (κ1) is 47.3. The molecule has 0 spiro atoms. The molecule has 0 fully saturated rings. The Bertz CT molecular complexity index is 901. The molecule has 0 heterocycles. The van der Waals surface area contributed by atoms with Gasteiger partial charge < -0.3 is 14.4 Å². The van der Waals surface area contributed by atoms with E-state index in [1.807, 2.05) is 0 Å². The Hall–Kier alpha value is -1.73. The molecule has 9 heteroatoms. The average Bonchev–Trinajstić information content (AvgIpc) is 3.07. The number of rotatable bonds is 36. The molecule has 8 nitrogen and oxygen atoms in total. The van der Waals surface area contributed by atoms with Crippen LogP contribution in [0.2, 0.25) is 0 Å². The van der Waals surface area contributed by atoms with Gasteiger partial charge in [-0.05, 0) is 51.9 Å². The van der Waals surface area contributed by atoms with Crippen LogP contribution < -0.4 is 0 Å². The summed E-state index contributed by atoms with van der Waals surface area (Å²) in [5, 5.41) is 0. The van der Waals surface area contributed by atoms with Gasteiger partial charge in [0.25, 0.3) is 0 Å². The summed E-state index contributed by atoms with van der Waals surface area (Å²) < 4.78 is 32.5. The third-order valence-corrected chi connectivity index (χ3v) is 9.27. The van der Waals surface area contributed by atoms with Crippen molar-refractivity contribution >= 4 is 19.8 Å². The number of carbonyl (C=O) groups is 2. The first-order chi connectivity index (χ1) is 23.8. The van der Waals surface area contributed by atoms with Crippen LogP contribution in [0.1, 0.15) is 181 Å². The summed E-state index contributed by atoms with van der Waals surface area (Å²) in [6.45, 7) is 5.34. The van der Waals surface area contributed by atoms with Gasteiger partial charge in [-0.25, -0.2) is 4.57 Å². The van der Waals surface area contributed by atoms with E-state index in [-0.39, 0.29) is 25.6 Å². The molecule has 0 rings (SSSR count). The van der Waals surface area contributed by atoms with E-state index < -0.39 is 26.5 Å². The van der Waals surface area contributed by atoms with Crippen LogP contribution in [-0.4, -0.2) is 42.8 Å². The van der Waals surface area contributed by atoms with E-state index in [0.717, 1.165) is 64.2 Å². The minimum Gasteiger partial charge on any atom is -0.462 e. The maximum Gasteiger partial charge on any atom is 0.472 e. The summed E-state index contributed by atoms with van der Waals surface area (Å²) >= 11 is 0. The summed E-state index contributed by atoms with van der Waals surface area (Å²) in [5.74, 6) is -0.807. The molecule has 2 atom stereocenters. The predicted molar refractivity (Wildman–Crippen MR) is 202 cm³/mol. The molecule has 0 aromatic carbocycles. The van der Waals surface area contributed by atoms with E-state index in [9.17, 15) is 19.0 Å². The van der Waals surface area contributed by atoms with Crippen molar-refractivity contribution < 1.29 is 37.6 Å². The average molecular weight is 713 g/mol. The molecule has 0 aromatic heterocycles. The maximum absolute atomic E-state index is 12.5. The molecule has 0 radical (unpaired) electrons. The molecule has 0 saturated heterocycles. The molecular weight excluding hydrogens is 639 g/mol. The van der Waals surface area contributed by atoms with Crippen LogP contribution in [0, 0.1) is 0 Å². The largest absolute Gasteiger partial charge is 0.472 e. The Balaban J connectivity index is 4.13. The lowest BCUT2D eigenvalue weighted by atomic mass is 10.0. The molecule has 0 saturated carbocycles. The molecule has 0 aliphatic heterocycles. The first-order valence-corrected chi connectivity index (χ1v) is 21.3. The van der Waals surface area contributed by atoms with Crippen molar-refractivity contribution in [3.63, 3.8) is 0 Å². The van der Waals surface area contributed by atoms with E-state index in [2.05, 4.69) is 50.3 Å². The number of hydrogen-bond acceptors (Lipinski definition) is 7. The SMILES string of the molecule is CC/C=C\C/C=C\C/C=C\CCCCCCCCCC(=O)OC(COC(=O)CCCCCCCCCCCCCC)COP(=O)(O)OCC. The third-order valence-electron chi connectivity index (χ3n) is 8.21. The lowest BCUT2D eigenvalue weighted by molar-refractivity contribution is -0.161. The van der Waals surface area contributed by atoms with Crippen molar-refractivity contribution in [2.45, 2.75) is 187 Å². The summed E-state index contributed by atoms with van der Waals surface area (Å²) in [6, 6.07) is 0. The van der Waals surface area contributed by atoms with E-state index in [4.69, 9.17) is 18.5 Å². The van der Waals surface area contributed by atoms with Gasteiger partial charge in [0.1, 0.15) is 6.61 Å². The van der Waals surface area contributed by atoms with Gasteiger partial charge in [0.15, 0.2) is 6.10 Å². The van der Waals surface area contributed by atoms with Gasteiger partial charge in [-0.2, -0.15) is 0 Å². The van der Waals surface area contributed by atoms with Crippen LogP contribution in [-0.2, 0) is 32.7 Å². The molecule has 49 heavy (non-hydrogen) atoms. The van der Waals surface area contributed by atoms with Gasteiger partial charge in [-0.15, -0.1) is 0 Å². The highest BCUT2D eigenvalue weighted by Crippen LogP contribution is 2.43. The number of phosphoric ester groups is 1. The predicted octanol–water partition coefficient (Wildman–Crippen LogP) is 12.1. The lowest BCUT2D eigenvalue weighted by Gasteiger charge is -2.19. The number of unbranched alkanes of at least 4 members (excludes halogenated alkanes) is 18. The molecule has 0 aliphatic carbocycles.